The van der Waals surface area contributed by atoms with Gasteiger partial charge in [-0.1, -0.05) is 17.7 Å². The summed E-state index contributed by atoms with van der Waals surface area (Å²) in [6.07, 6.45) is 2.64. The predicted octanol–water partition coefficient (Wildman–Crippen LogP) is 3.02. The van der Waals surface area contributed by atoms with E-state index in [0.717, 1.165) is 6.26 Å². The highest BCUT2D eigenvalue weighted by Gasteiger charge is 2.11. The fraction of sp³-hybridized carbons (Fsp3) is 0.0556. The summed E-state index contributed by atoms with van der Waals surface area (Å²) in [5, 5.41) is 15.9. The number of hydrogen-bond donors (Lipinski definition) is 2. The quantitative estimate of drug-likeness (QED) is 0.664. The van der Waals surface area contributed by atoms with Crippen molar-refractivity contribution in [1.82, 2.24) is 9.78 Å². The number of rotatable bonds is 5. The van der Waals surface area contributed by atoms with Crippen molar-refractivity contribution in [1.29, 1.82) is 5.26 Å². The molecule has 0 atom stereocenters. The first-order valence-electron chi connectivity index (χ1n) is 7.89. The summed E-state index contributed by atoms with van der Waals surface area (Å²) < 4.78 is 26.6. The van der Waals surface area contributed by atoms with Crippen molar-refractivity contribution in [3.63, 3.8) is 0 Å². The molecule has 3 rings (SSSR count). The van der Waals surface area contributed by atoms with Gasteiger partial charge in [-0.05, 0) is 42.5 Å². The summed E-state index contributed by atoms with van der Waals surface area (Å²) in [6, 6.07) is 14.6. The van der Waals surface area contributed by atoms with E-state index in [0.29, 0.717) is 16.9 Å². The van der Waals surface area contributed by atoms with Crippen LogP contribution in [0, 0.1) is 11.3 Å². The minimum absolute atomic E-state index is 0.236. The standard InChI is InChI=1S/C18H14ClN5O3S/c1-28(26,27)23-16-9-13(19)8-15(10-16)21-18(25)12-3-2-4-17(7-12)24-6-5-14(11-20)22-24/h2-10,23H,1H3,(H,21,25). The lowest BCUT2D eigenvalue weighted by Crippen LogP contribution is -2.13. The van der Waals surface area contributed by atoms with Crippen LogP contribution in [0.5, 0.6) is 0 Å². The van der Waals surface area contributed by atoms with Crippen LogP contribution in [0.3, 0.4) is 0 Å². The van der Waals surface area contributed by atoms with Crippen LogP contribution in [-0.2, 0) is 10.0 Å². The average molecular weight is 416 g/mol. The van der Waals surface area contributed by atoms with E-state index in [1.54, 1.807) is 36.5 Å². The Hall–Kier alpha value is -3.35. The molecule has 0 unspecified atom stereocenters. The smallest absolute Gasteiger partial charge is 0.255 e. The number of aromatic nitrogens is 2. The molecule has 0 radical (unpaired) electrons. The highest BCUT2D eigenvalue weighted by molar-refractivity contribution is 7.92. The van der Waals surface area contributed by atoms with Crippen LogP contribution in [0.15, 0.2) is 54.7 Å². The molecule has 8 nitrogen and oxygen atoms in total. The highest BCUT2D eigenvalue weighted by Crippen LogP contribution is 2.24. The zero-order valence-electron chi connectivity index (χ0n) is 14.5. The topological polar surface area (TPSA) is 117 Å². The molecule has 0 bridgehead atoms. The number of nitriles is 1. The first-order chi connectivity index (χ1) is 13.2. The van der Waals surface area contributed by atoms with E-state index in [-0.39, 0.29) is 16.4 Å². The summed E-state index contributed by atoms with van der Waals surface area (Å²) >= 11 is 6.01. The SMILES string of the molecule is CS(=O)(=O)Nc1cc(Cl)cc(NC(=O)c2cccc(-n3ccc(C#N)n3)c2)c1. The predicted molar refractivity (Wildman–Crippen MR) is 106 cm³/mol. The van der Waals surface area contributed by atoms with Gasteiger partial charge in [-0.25, -0.2) is 13.1 Å². The highest BCUT2D eigenvalue weighted by atomic mass is 35.5. The number of anilines is 2. The Labute approximate surface area is 166 Å². The van der Waals surface area contributed by atoms with E-state index in [9.17, 15) is 13.2 Å². The lowest BCUT2D eigenvalue weighted by molar-refractivity contribution is 0.102. The van der Waals surface area contributed by atoms with Crippen LogP contribution in [-0.4, -0.2) is 30.4 Å². The van der Waals surface area contributed by atoms with E-state index in [1.165, 1.54) is 22.9 Å². The van der Waals surface area contributed by atoms with Gasteiger partial charge in [-0.15, -0.1) is 0 Å². The second-order valence-electron chi connectivity index (χ2n) is 5.86. The van der Waals surface area contributed by atoms with Crippen LogP contribution in [0.2, 0.25) is 5.02 Å². The van der Waals surface area contributed by atoms with Gasteiger partial charge in [-0.2, -0.15) is 10.4 Å². The number of nitrogens with one attached hydrogen (secondary N) is 2. The number of nitrogens with zero attached hydrogens (tertiary/aromatic N) is 3. The molecule has 1 amide bonds. The molecule has 0 aliphatic heterocycles. The number of benzene rings is 2. The average Bonchev–Trinajstić information content (AvgIpc) is 3.09. The Morgan fingerprint density at radius 1 is 1.18 bits per heavy atom. The largest absolute Gasteiger partial charge is 0.322 e. The second-order valence-corrected chi connectivity index (χ2v) is 8.05. The summed E-state index contributed by atoms with van der Waals surface area (Å²) in [7, 11) is -3.48. The maximum absolute atomic E-state index is 12.6. The summed E-state index contributed by atoms with van der Waals surface area (Å²) in [5.41, 5.74) is 1.79. The van der Waals surface area contributed by atoms with Gasteiger partial charge in [0.05, 0.1) is 17.6 Å². The van der Waals surface area contributed by atoms with Crippen molar-refractivity contribution in [2.24, 2.45) is 0 Å². The van der Waals surface area contributed by atoms with Crippen molar-refractivity contribution >= 4 is 38.9 Å². The van der Waals surface area contributed by atoms with E-state index in [4.69, 9.17) is 16.9 Å². The van der Waals surface area contributed by atoms with Crippen molar-refractivity contribution < 1.29 is 13.2 Å². The van der Waals surface area contributed by atoms with Crippen molar-refractivity contribution in [2.75, 3.05) is 16.3 Å². The summed E-state index contributed by atoms with van der Waals surface area (Å²) in [4.78, 5) is 12.6. The lowest BCUT2D eigenvalue weighted by atomic mass is 10.2. The monoisotopic (exact) mass is 415 g/mol. The Kier molecular flexibility index (Phi) is 5.35. The molecule has 28 heavy (non-hydrogen) atoms. The van der Waals surface area contributed by atoms with Crippen LogP contribution >= 0.6 is 11.6 Å². The van der Waals surface area contributed by atoms with Gasteiger partial charge in [0.15, 0.2) is 5.69 Å². The normalized spacial score (nSPS) is 10.9. The number of amides is 1. The fourth-order valence-electron chi connectivity index (χ4n) is 2.46. The first-order valence-corrected chi connectivity index (χ1v) is 10.2. The molecule has 1 aromatic heterocycles. The molecular formula is C18H14ClN5O3S. The van der Waals surface area contributed by atoms with Crippen LogP contribution in [0.25, 0.3) is 5.69 Å². The van der Waals surface area contributed by atoms with E-state index >= 15 is 0 Å². The first kappa shape index (κ1) is 19.4. The summed E-state index contributed by atoms with van der Waals surface area (Å²) in [5.74, 6) is -0.415. The van der Waals surface area contributed by atoms with Crippen molar-refractivity contribution in [2.45, 2.75) is 0 Å². The zero-order chi connectivity index (χ0) is 20.3. The molecule has 2 aromatic carbocycles. The maximum atomic E-state index is 12.6. The van der Waals surface area contributed by atoms with Crippen molar-refractivity contribution in [3.05, 3.63) is 71.0 Å². The molecule has 10 heteroatoms. The van der Waals surface area contributed by atoms with Gasteiger partial charge in [-0.3, -0.25) is 9.52 Å². The number of sulfonamides is 1. The Balaban J connectivity index is 1.84. The zero-order valence-corrected chi connectivity index (χ0v) is 16.1. The molecule has 0 spiro atoms. The molecule has 3 aromatic rings. The van der Waals surface area contributed by atoms with Crippen molar-refractivity contribution in [3.8, 4) is 11.8 Å². The van der Waals surface area contributed by atoms with Gasteiger partial charge >= 0.3 is 0 Å². The minimum Gasteiger partial charge on any atom is -0.322 e. The fourth-order valence-corrected chi connectivity index (χ4v) is 3.24. The minimum atomic E-state index is -3.48. The third-order valence-corrected chi connectivity index (χ3v) is 4.36. The lowest BCUT2D eigenvalue weighted by Gasteiger charge is -2.10. The Morgan fingerprint density at radius 3 is 2.61 bits per heavy atom. The third-order valence-electron chi connectivity index (χ3n) is 3.54. The van der Waals surface area contributed by atoms with Crippen LogP contribution < -0.4 is 10.0 Å². The van der Waals surface area contributed by atoms with Gasteiger partial charge in [0.2, 0.25) is 10.0 Å². The maximum Gasteiger partial charge on any atom is 0.255 e. The number of carbonyl (C=O) groups excluding carboxylic acids is 1. The molecular weight excluding hydrogens is 402 g/mol. The van der Waals surface area contributed by atoms with Gasteiger partial charge in [0.25, 0.3) is 5.91 Å². The molecule has 0 saturated carbocycles. The summed E-state index contributed by atoms with van der Waals surface area (Å²) in [6.45, 7) is 0. The number of hydrogen-bond acceptors (Lipinski definition) is 5. The molecule has 2 N–H and O–H groups in total. The molecule has 0 fully saturated rings. The van der Waals surface area contributed by atoms with E-state index in [2.05, 4.69) is 15.1 Å². The third kappa shape index (κ3) is 4.88. The van der Waals surface area contributed by atoms with Gasteiger partial charge in [0.1, 0.15) is 6.07 Å². The van der Waals surface area contributed by atoms with E-state index < -0.39 is 15.9 Å². The number of halogens is 1. The van der Waals surface area contributed by atoms with Gasteiger partial charge < -0.3 is 5.32 Å². The molecule has 0 saturated heterocycles. The van der Waals surface area contributed by atoms with Gasteiger partial charge in [0, 0.05) is 22.5 Å². The molecule has 0 aliphatic carbocycles. The number of carbonyl (C=O) groups is 1. The Morgan fingerprint density at radius 2 is 1.93 bits per heavy atom. The van der Waals surface area contributed by atoms with Crippen LogP contribution in [0.1, 0.15) is 16.1 Å². The second kappa shape index (κ2) is 7.72. The molecule has 1 heterocycles. The Bertz CT molecular complexity index is 1200. The molecule has 0 aliphatic rings. The molecule has 142 valence electrons. The van der Waals surface area contributed by atoms with Crippen LogP contribution in [0.4, 0.5) is 11.4 Å². The van der Waals surface area contributed by atoms with E-state index in [1.807, 2.05) is 6.07 Å².